The lowest BCUT2D eigenvalue weighted by atomic mass is 10.3. The van der Waals surface area contributed by atoms with Gasteiger partial charge in [-0.05, 0) is 17.7 Å². The molecule has 1 aromatic rings. The van der Waals surface area contributed by atoms with Crippen molar-refractivity contribution in [2.45, 2.75) is 0 Å². The van der Waals surface area contributed by atoms with Crippen molar-refractivity contribution in [2.24, 2.45) is 7.05 Å². The highest BCUT2D eigenvalue weighted by molar-refractivity contribution is 5.89. The second kappa shape index (κ2) is 3.21. The van der Waals surface area contributed by atoms with Gasteiger partial charge in [0.2, 0.25) is 5.83 Å². The van der Waals surface area contributed by atoms with E-state index < -0.39 is 11.8 Å². The fraction of sp³-hybridized carbons (Fsp3) is 0.125. The molecule has 0 saturated heterocycles. The molecule has 0 bridgehead atoms. The molecule has 0 aliphatic carbocycles. The molecule has 1 N–H and O–H groups in total. The van der Waals surface area contributed by atoms with Gasteiger partial charge in [-0.25, -0.2) is 4.79 Å². The van der Waals surface area contributed by atoms with Crippen LogP contribution in [0.2, 0.25) is 0 Å². The van der Waals surface area contributed by atoms with Gasteiger partial charge in [-0.2, -0.15) is 4.39 Å². The minimum Gasteiger partial charge on any atom is -0.476 e. The van der Waals surface area contributed by atoms with Crippen molar-refractivity contribution in [2.75, 3.05) is 0 Å². The van der Waals surface area contributed by atoms with E-state index in [1.165, 1.54) is 0 Å². The van der Waals surface area contributed by atoms with E-state index in [0.29, 0.717) is 5.56 Å². The summed E-state index contributed by atoms with van der Waals surface area (Å²) in [4.78, 5) is 10.1. The summed E-state index contributed by atoms with van der Waals surface area (Å²) in [6.07, 6.45) is 4.31. The maximum atomic E-state index is 12.5. The summed E-state index contributed by atoms with van der Waals surface area (Å²) in [6, 6.07) is 1.63. The predicted octanol–water partition coefficient (Wildman–Crippen LogP) is 1.42. The highest BCUT2D eigenvalue weighted by Crippen LogP contribution is 2.07. The van der Waals surface area contributed by atoms with Gasteiger partial charge in [-0.3, -0.25) is 0 Å². The minimum atomic E-state index is -1.54. The van der Waals surface area contributed by atoms with E-state index in [2.05, 4.69) is 0 Å². The summed E-state index contributed by atoms with van der Waals surface area (Å²) in [7, 11) is 1.77. The van der Waals surface area contributed by atoms with Crippen molar-refractivity contribution in [1.29, 1.82) is 0 Å². The first-order valence-corrected chi connectivity index (χ1v) is 3.32. The van der Waals surface area contributed by atoms with Gasteiger partial charge in [0.15, 0.2) is 0 Å². The monoisotopic (exact) mass is 169 g/mol. The van der Waals surface area contributed by atoms with Crippen molar-refractivity contribution >= 4 is 12.0 Å². The molecule has 0 radical (unpaired) electrons. The highest BCUT2D eigenvalue weighted by atomic mass is 19.1. The van der Waals surface area contributed by atoms with Gasteiger partial charge < -0.3 is 9.67 Å². The molecule has 3 nitrogen and oxygen atoms in total. The Hall–Kier alpha value is -1.58. The van der Waals surface area contributed by atoms with Crippen LogP contribution in [-0.2, 0) is 11.8 Å². The molecule has 0 unspecified atom stereocenters. The Labute approximate surface area is 68.7 Å². The number of nitrogens with zero attached hydrogens (tertiary/aromatic N) is 1. The molecule has 12 heavy (non-hydrogen) atoms. The van der Waals surface area contributed by atoms with E-state index in [9.17, 15) is 9.18 Å². The number of hydrogen-bond donors (Lipinski definition) is 1. The molecule has 0 aromatic carbocycles. The molecule has 0 fully saturated rings. The molecular formula is C8H8FNO2. The first kappa shape index (κ1) is 8.52. The Morgan fingerprint density at radius 3 is 2.83 bits per heavy atom. The van der Waals surface area contributed by atoms with Crippen LogP contribution in [0.5, 0.6) is 0 Å². The highest BCUT2D eigenvalue weighted by Gasteiger charge is 2.04. The smallest absolute Gasteiger partial charge is 0.364 e. The Bertz CT molecular complexity index is 328. The fourth-order valence-corrected chi connectivity index (χ4v) is 0.818. The van der Waals surface area contributed by atoms with Crippen LogP contribution < -0.4 is 0 Å². The third-order valence-electron chi connectivity index (χ3n) is 1.35. The summed E-state index contributed by atoms with van der Waals surface area (Å²) in [5.74, 6) is -2.69. The van der Waals surface area contributed by atoms with E-state index >= 15 is 0 Å². The van der Waals surface area contributed by atoms with Crippen molar-refractivity contribution in [3.05, 3.63) is 29.9 Å². The quantitative estimate of drug-likeness (QED) is 0.680. The van der Waals surface area contributed by atoms with Gasteiger partial charge in [-0.1, -0.05) is 0 Å². The maximum absolute atomic E-state index is 12.5. The van der Waals surface area contributed by atoms with Crippen LogP contribution in [0, 0.1) is 0 Å². The third kappa shape index (κ3) is 1.95. The summed E-state index contributed by atoms with van der Waals surface area (Å²) in [5.41, 5.74) is 0.539. The molecule has 0 aliphatic heterocycles. The van der Waals surface area contributed by atoms with Crippen LogP contribution in [0.15, 0.2) is 24.3 Å². The van der Waals surface area contributed by atoms with Crippen molar-refractivity contribution in [3.63, 3.8) is 0 Å². The Kier molecular flexibility index (Phi) is 2.28. The summed E-state index contributed by atoms with van der Waals surface area (Å²) in [5, 5.41) is 8.20. The van der Waals surface area contributed by atoms with Crippen molar-refractivity contribution in [1.82, 2.24) is 4.57 Å². The second-order valence-corrected chi connectivity index (χ2v) is 2.41. The number of carboxylic acid groups (broad SMARTS) is 1. The first-order chi connectivity index (χ1) is 5.59. The lowest BCUT2D eigenvalue weighted by Crippen LogP contribution is -1.93. The fourth-order valence-electron chi connectivity index (χ4n) is 0.818. The number of carbonyl (C=O) groups is 1. The van der Waals surface area contributed by atoms with Crippen LogP contribution in [0.25, 0.3) is 6.08 Å². The van der Waals surface area contributed by atoms with E-state index in [0.717, 1.165) is 6.08 Å². The molecule has 0 saturated carbocycles. The van der Waals surface area contributed by atoms with Crippen LogP contribution in [0.4, 0.5) is 4.39 Å². The first-order valence-electron chi connectivity index (χ1n) is 3.32. The van der Waals surface area contributed by atoms with Gasteiger partial charge in [0.05, 0.1) is 0 Å². The van der Waals surface area contributed by atoms with E-state index in [-0.39, 0.29) is 0 Å². The Balaban J connectivity index is 2.87. The third-order valence-corrected chi connectivity index (χ3v) is 1.35. The maximum Gasteiger partial charge on any atom is 0.364 e. The average molecular weight is 169 g/mol. The lowest BCUT2D eigenvalue weighted by Gasteiger charge is -1.87. The van der Waals surface area contributed by atoms with Gasteiger partial charge in [0.1, 0.15) is 0 Å². The van der Waals surface area contributed by atoms with Gasteiger partial charge >= 0.3 is 5.97 Å². The summed E-state index contributed by atoms with van der Waals surface area (Å²) < 4.78 is 14.2. The molecule has 0 amide bonds. The molecular weight excluding hydrogens is 161 g/mol. The van der Waals surface area contributed by atoms with Gasteiger partial charge in [-0.15, -0.1) is 0 Å². The number of aliphatic carboxylic acids is 1. The average Bonchev–Trinajstić information content (AvgIpc) is 2.35. The number of rotatable bonds is 2. The second-order valence-electron chi connectivity index (χ2n) is 2.41. The van der Waals surface area contributed by atoms with Crippen molar-refractivity contribution < 1.29 is 14.3 Å². The van der Waals surface area contributed by atoms with Crippen LogP contribution in [0.1, 0.15) is 5.56 Å². The molecule has 1 heterocycles. The minimum absolute atomic E-state index is 0.539. The lowest BCUT2D eigenvalue weighted by molar-refractivity contribution is -0.134. The van der Waals surface area contributed by atoms with E-state index in [1.807, 2.05) is 0 Å². The zero-order valence-corrected chi connectivity index (χ0v) is 6.49. The zero-order chi connectivity index (χ0) is 9.14. The van der Waals surface area contributed by atoms with E-state index in [1.54, 1.807) is 30.1 Å². The topological polar surface area (TPSA) is 42.2 Å². The normalized spacial score (nSPS) is 11.7. The van der Waals surface area contributed by atoms with Crippen LogP contribution in [-0.4, -0.2) is 15.6 Å². The number of carboxylic acids is 1. The summed E-state index contributed by atoms with van der Waals surface area (Å²) in [6.45, 7) is 0. The van der Waals surface area contributed by atoms with Gasteiger partial charge in [0.25, 0.3) is 0 Å². The number of aromatic nitrogens is 1. The SMILES string of the molecule is Cn1ccc(C=C(F)C(=O)O)c1. The molecule has 1 aromatic heterocycles. The molecule has 0 spiro atoms. The molecule has 64 valence electrons. The van der Waals surface area contributed by atoms with E-state index in [4.69, 9.17) is 5.11 Å². The number of halogens is 1. The zero-order valence-electron chi connectivity index (χ0n) is 6.49. The largest absolute Gasteiger partial charge is 0.476 e. The number of hydrogen-bond acceptors (Lipinski definition) is 1. The van der Waals surface area contributed by atoms with Crippen LogP contribution in [0.3, 0.4) is 0 Å². The van der Waals surface area contributed by atoms with Crippen LogP contribution >= 0.6 is 0 Å². The Morgan fingerprint density at radius 2 is 2.42 bits per heavy atom. The molecule has 0 atom stereocenters. The molecule has 0 aliphatic rings. The number of aryl methyl sites for hydroxylation is 1. The van der Waals surface area contributed by atoms with Gasteiger partial charge in [0, 0.05) is 19.4 Å². The molecule has 1 rings (SSSR count). The predicted molar refractivity (Wildman–Crippen MR) is 42.1 cm³/mol. The molecule has 4 heteroatoms. The Morgan fingerprint density at radius 1 is 1.75 bits per heavy atom. The van der Waals surface area contributed by atoms with Crippen molar-refractivity contribution in [3.8, 4) is 0 Å². The summed E-state index contributed by atoms with van der Waals surface area (Å²) >= 11 is 0. The standard InChI is InChI=1S/C8H8FNO2/c1-10-3-2-6(5-10)4-7(9)8(11)12/h2-5H,1H3,(H,11,12).